The van der Waals surface area contributed by atoms with Crippen molar-refractivity contribution in [1.29, 1.82) is 0 Å². The Hall–Kier alpha value is -0.770. The minimum Gasteiger partial charge on any atom is -0.335 e. The number of nitrogens with one attached hydrogen (secondary N) is 2. The summed E-state index contributed by atoms with van der Waals surface area (Å²) in [7, 11) is 0. The summed E-state index contributed by atoms with van der Waals surface area (Å²) >= 11 is 5.28. The molecule has 2 N–H and O–H groups in total. The summed E-state index contributed by atoms with van der Waals surface area (Å²) in [6.07, 6.45) is 4.48. The van der Waals surface area contributed by atoms with E-state index in [-0.39, 0.29) is 11.9 Å². The lowest BCUT2D eigenvalue weighted by Gasteiger charge is -2.29. The van der Waals surface area contributed by atoms with Crippen LogP contribution in [0, 0.1) is 5.92 Å². The van der Waals surface area contributed by atoms with Gasteiger partial charge in [0.2, 0.25) is 5.91 Å². The number of imide groups is 1. The molecule has 0 aromatic heterocycles. The molecule has 0 saturated heterocycles. The van der Waals surface area contributed by atoms with Crippen LogP contribution in [0.5, 0.6) is 0 Å². The van der Waals surface area contributed by atoms with E-state index in [0.29, 0.717) is 5.92 Å². The highest BCUT2D eigenvalue weighted by Crippen LogP contribution is 2.23. The normalized spacial score (nSPS) is 25.7. The molecular weight excluding hydrogens is 216 g/mol. The summed E-state index contributed by atoms with van der Waals surface area (Å²) < 4.78 is 0. The first-order valence-electron chi connectivity index (χ1n) is 5.29. The third-order valence-electron chi connectivity index (χ3n) is 2.80. The maximum Gasteiger partial charge on any atom is 0.321 e. The van der Waals surface area contributed by atoms with Crippen LogP contribution in [0.4, 0.5) is 4.79 Å². The monoisotopic (exact) mass is 232 g/mol. The molecule has 0 unspecified atom stereocenters. The fourth-order valence-corrected chi connectivity index (χ4v) is 1.96. The van der Waals surface area contributed by atoms with Gasteiger partial charge in [0.15, 0.2) is 0 Å². The van der Waals surface area contributed by atoms with Gasteiger partial charge in [-0.2, -0.15) is 0 Å². The highest BCUT2D eigenvalue weighted by molar-refractivity contribution is 6.28. The van der Waals surface area contributed by atoms with Crippen LogP contribution in [0.1, 0.15) is 32.6 Å². The van der Waals surface area contributed by atoms with Gasteiger partial charge in [-0.1, -0.05) is 19.8 Å². The van der Waals surface area contributed by atoms with Crippen molar-refractivity contribution in [2.75, 3.05) is 5.88 Å². The first kappa shape index (κ1) is 12.3. The van der Waals surface area contributed by atoms with E-state index >= 15 is 0 Å². The van der Waals surface area contributed by atoms with E-state index in [9.17, 15) is 9.59 Å². The van der Waals surface area contributed by atoms with E-state index in [2.05, 4.69) is 17.6 Å². The largest absolute Gasteiger partial charge is 0.335 e. The lowest BCUT2D eigenvalue weighted by atomic mass is 9.86. The van der Waals surface area contributed by atoms with Crippen molar-refractivity contribution in [3.8, 4) is 0 Å². The Labute approximate surface area is 94.7 Å². The SMILES string of the molecule is C[C@H]1CCCC[C@@H]1NC(=O)NC(=O)CCl. The van der Waals surface area contributed by atoms with Gasteiger partial charge in [-0.25, -0.2) is 4.79 Å². The van der Waals surface area contributed by atoms with Gasteiger partial charge in [-0.3, -0.25) is 10.1 Å². The number of hydrogen-bond acceptors (Lipinski definition) is 2. The molecule has 1 aliphatic carbocycles. The summed E-state index contributed by atoms with van der Waals surface area (Å²) in [4.78, 5) is 22.2. The van der Waals surface area contributed by atoms with Gasteiger partial charge in [0.25, 0.3) is 0 Å². The van der Waals surface area contributed by atoms with Gasteiger partial charge in [0.05, 0.1) is 0 Å². The number of amides is 3. The van der Waals surface area contributed by atoms with Gasteiger partial charge < -0.3 is 5.32 Å². The van der Waals surface area contributed by atoms with Crippen molar-refractivity contribution in [2.45, 2.75) is 38.6 Å². The van der Waals surface area contributed by atoms with Crippen molar-refractivity contribution in [1.82, 2.24) is 10.6 Å². The van der Waals surface area contributed by atoms with Crippen molar-refractivity contribution in [2.24, 2.45) is 5.92 Å². The van der Waals surface area contributed by atoms with Gasteiger partial charge in [-0.15, -0.1) is 11.6 Å². The zero-order chi connectivity index (χ0) is 11.3. The maximum absolute atomic E-state index is 11.3. The minimum absolute atomic E-state index is 0.182. The molecular formula is C10H17ClN2O2. The second-order valence-electron chi connectivity index (χ2n) is 4.02. The van der Waals surface area contributed by atoms with Crippen LogP contribution in [-0.2, 0) is 4.79 Å². The van der Waals surface area contributed by atoms with E-state index in [1.54, 1.807) is 0 Å². The van der Waals surface area contributed by atoms with Crippen LogP contribution in [-0.4, -0.2) is 23.9 Å². The standard InChI is InChI=1S/C10H17ClN2O2/c1-7-4-2-3-5-8(7)12-10(15)13-9(14)6-11/h7-8H,2-6H2,1H3,(H2,12,13,14,15)/t7-,8-/m0/s1. The summed E-state index contributed by atoms with van der Waals surface area (Å²) in [5, 5.41) is 4.98. The molecule has 86 valence electrons. The van der Waals surface area contributed by atoms with Gasteiger partial charge >= 0.3 is 6.03 Å². The average Bonchev–Trinajstić information content (AvgIpc) is 2.21. The number of carbonyl (C=O) groups is 2. The molecule has 1 aliphatic rings. The fourth-order valence-electron chi connectivity index (χ4n) is 1.90. The Morgan fingerprint density at radius 2 is 2.00 bits per heavy atom. The predicted octanol–water partition coefficient (Wildman–Crippen LogP) is 1.63. The molecule has 0 bridgehead atoms. The number of carbonyl (C=O) groups excluding carboxylic acids is 2. The van der Waals surface area contributed by atoms with Crippen LogP contribution in [0.3, 0.4) is 0 Å². The Bertz CT molecular complexity index is 246. The Morgan fingerprint density at radius 3 is 2.60 bits per heavy atom. The van der Waals surface area contributed by atoms with Crippen LogP contribution in [0.2, 0.25) is 0 Å². The molecule has 0 heterocycles. The average molecular weight is 233 g/mol. The Kier molecular flexibility index (Phi) is 4.88. The van der Waals surface area contributed by atoms with Gasteiger partial charge in [0, 0.05) is 6.04 Å². The second-order valence-corrected chi connectivity index (χ2v) is 4.29. The van der Waals surface area contributed by atoms with E-state index < -0.39 is 11.9 Å². The molecule has 4 nitrogen and oxygen atoms in total. The minimum atomic E-state index is -0.461. The highest BCUT2D eigenvalue weighted by atomic mass is 35.5. The molecule has 3 amide bonds. The van der Waals surface area contributed by atoms with Crippen LogP contribution in [0.25, 0.3) is 0 Å². The molecule has 0 radical (unpaired) electrons. The van der Waals surface area contributed by atoms with Crippen molar-refractivity contribution < 1.29 is 9.59 Å². The van der Waals surface area contributed by atoms with Crippen LogP contribution >= 0.6 is 11.6 Å². The first-order chi connectivity index (χ1) is 7.13. The molecule has 1 rings (SSSR count). The molecule has 1 saturated carbocycles. The molecule has 15 heavy (non-hydrogen) atoms. The van der Waals surface area contributed by atoms with E-state index in [1.165, 1.54) is 6.42 Å². The molecule has 0 spiro atoms. The third-order valence-corrected chi connectivity index (χ3v) is 3.05. The third kappa shape index (κ3) is 4.08. The molecule has 1 fully saturated rings. The Morgan fingerprint density at radius 1 is 1.33 bits per heavy atom. The molecule has 0 aromatic rings. The summed E-state index contributed by atoms with van der Waals surface area (Å²) in [5.74, 6) is -0.165. The number of urea groups is 1. The van der Waals surface area contributed by atoms with Gasteiger partial charge in [0.1, 0.15) is 5.88 Å². The lowest BCUT2D eigenvalue weighted by Crippen LogP contribution is -2.48. The van der Waals surface area contributed by atoms with E-state index in [0.717, 1.165) is 19.3 Å². The number of rotatable bonds is 2. The molecule has 2 atom stereocenters. The lowest BCUT2D eigenvalue weighted by molar-refractivity contribution is -0.117. The van der Waals surface area contributed by atoms with E-state index in [4.69, 9.17) is 11.6 Å². The molecule has 0 aliphatic heterocycles. The van der Waals surface area contributed by atoms with Gasteiger partial charge in [-0.05, 0) is 18.8 Å². The van der Waals surface area contributed by atoms with Crippen molar-refractivity contribution in [3.63, 3.8) is 0 Å². The van der Waals surface area contributed by atoms with Crippen LogP contribution in [0.15, 0.2) is 0 Å². The molecule has 5 heteroatoms. The maximum atomic E-state index is 11.3. The fraction of sp³-hybridized carbons (Fsp3) is 0.800. The van der Waals surface area contributed by atoms with E-state index in [1.807, 2.05) is 0 Å². The smallest absolute Gasteiger partial charge is 0.321 e. The number of halogens is 1. The quantitative estimate of drug-likeness (QED) is 0.711. The van der Waals surface area contributed by atoms with Crippen molar-refractivity contribution >= 4 is 23.5 Å². The summed E-state index contributed by atoms with van der Waals surface area (Å²) in [6.45, 7) is 2.12. The predicted molar refractivity (Wildman–Crippen MR) is 58.8 cm³/mol. The van der Waals surface area contributed by atoms with Crippen molar-refractivity contribution in [3.05, 3.63) is 0 Å². The highest BCUT2D eigenvalue weighted by Gasteiger charge is 2.23. The zero-order valence-corrected chi connectivity index (χ0v) is 9.64. The summed E-state index contributed by atoms with van der Waals surface area (Å²) in [6, 6.07) is -0.249. The topological polar surface area (TPSA) is 58.2 Å². The zero-order valence-electron chi connectivity index (χ0n) is 8.88. The van der Waals surface area contributed by atoms with Crippen LogP contribution < -0.4 is 10.6 Å². The summed E-state index contributed by atoms with van der Waals surface area (Å²) in [5.41, 5.74) is 0. The second kappa shape index (κ2) is 5.95. The number of hydrogen-bond donors (Lipinski definition) is 2. The first-order valence-corrected chi connectivity index (χ1v) is 5.83. The Balaban J connectivity index is 2.33. The number of alkyl halides is 1. The molecule has 0 aromatic carbocycles.